The maximum atomic E-state index is 2.35. The van der Waals surface area contributed by atoms with Crippen LogP contribution in [0.1, 0.15) is 55.2 Å². The maximum absolute atomic E-state index is 2.35. The van der Waals surface area contributed by atoms with Gasteiger partial charge in [-0.2, -0.15) is 0 Å². The van der Waals surface area contributed by atoms with Crippen LogP contribution in [0.2, 0.25) is 5.09 Å². The Morgan fingerprint density at radius 2 is 1.62 bits per heavy atom. The van der Waals surface area contributed by atoms with Crippen LogP contribution >= 0.6 is 0 Å². The molecular formula is C20H25Li. The Morgan fingerprint density at radius 1 is 0.905 bits per heavy atom. The molecule has 0 saturated heterocycles. The zero-order valence-corrected chi connectivity index (χ0v) is 13.5. The van der Waals surface area contributed by atoms with Crippen molar-refractivity contribution in [3.05, 3.63) is 71.3 Å². The average Bonchev–Trinajstić information content (AvgIpc) is 2.55. The van der Waals surface area contributed by atoms with Crippen molar-refractivity contribution in [1.82, 2.24) is 0 Å². The van der Waals surface area contributed by atoms with Gasteiger partial charge in [-0.3, -0.25) is 0 Å². The Morgan fingerprint density at radius 3 is 2.33 bits per heavy atom. The molecule has 0 aliphatic carbocycles. The van der Waals surface area contributed by atoms with Gasteiger partial charge in [0.1, 0.15) is 0 Å². The topological polar surface area (TPSA) is 0 Å². The molecule has 2 aromatic carbocycles. The second kappa shape index (κ2) is 9.14. The van der Waals surface area contributed by atoms with Crippen LogP contribution in [0.25, 0.3) is 0 Å². The summed E-state index contributed by atoms with van der Waals surface area (Å²) < 4.78 is 0. The van der Waals surface area contributed by atoms with Gasteiger partial charge in [0.15, 0.2) is 0 Å². The molecule has 2 aromatic rings. The Labute approximate surface area is 139 Å². The van der Waals surface area contributed by atoms with E-state index in [-0.39, 0.29) is 0 Å². The van der Waals surface area contributed by atoms with Crippen LogP contribution in [0.4, 0.5) is 0 Å². The van der Waals surface area contributed by atoms with Crippen molar-refractivity contribution in [3.63, 3.8) is 0 Å². The van der Waals surface area contributed by atoms with Crippen molar-refractivity contribution in [2.75, 3.05) is 0 Å². The molecule has 0 amide bonds. The normalized spacial score (nSPS) is 12.3. The van der Waals surface area contributed by atoms with Crippen LogP contribution < -0.4 is 0 Å². The Hall–Kier alpha value is -0.963. The summed E-state index contributed by atoms with van der Waals surface area (Å²) in [5.41, 5.74) is 4.56. The third-order valence-corrected chi connectivity index (χ3v) is 4.28. The van der Waals surface area contributed by atoms with Crippen LogP contribution in [-0.2, 0) is 6.42 Å². The van der Waals surface area contributed by atoms with E-state index in [1.807, 2.05) is 0 Å². The Balaban J connectivity index is 2.32. The van der Waals surface area contributed by atoms with Crippen LogP contribution in [0.5, 0.6) is 0 Å². The minimum absolute atomic E-state index is 0.555. The fourth-order valence-corrected chi connectivity index (χ4v) is 3.06. The summed E-state index contributed by atoms with van der Waals surface area (Å²) in [5.74, 6) is 0.555. The van der Waals surface area contributed by atoms with Gasteiger partial charge in [-0.25, -0.2) is 0 Å². The Bertz CT molecular complexity index is 518. The first kappa shape index (κ1) is 16.4. The summed E-state index contributed by atoms with van der Waals surface area (Å²) in [7, 11) is 0. The first-order valence-corrected chi connectivity index (χ1v) is 8.49. The van der Waals surface area contributed by atoms with E-state index < -0.39 is 0 Å². The van der Waals surface area contributed by atoms with E-state index in [9.17, 15) is 0 Å². The molecule has 0 heterocycles. The summed E-state index contributed by atoms with van der Waals surface area (Å²) in [6.07, 6.45) is 6.30. The summed E-state index contributed by atoms with van der Waals surface area (Å²) in [4.78, 5) is 0. The fraction of sp³-hybridized carbons (Fsp3) is 0.400. The summed E-state index contributed by atoms with van der Waals surface area (Å²) in [6.45, 7) is 2.27. The molecule has 0 spiro atoms. The van der Waals surface area contributed by atoms with Crippen molar-refractivity contribution in [2.24, 2.45) is 0 Å². The van der Waals surface area contributed by atoms with Crippen LogP contribution in [-0.4, -0.2) is 17.7 Å². The molecule has 0 N–H and O–H groups in total. The SMILES string of the molecule is [Li][CH2]CCC(c1ccccc1)c1ccccc1CCCC. The van der Waals surface area contributed by atoms with Gasteiger partial charge in [-0.15, -0.1) is 0 Å². The second-order valence-electron chi connectivity index (χ2n) is 5.91. The standard InChI is InChI=1S/C20H25.Li/c1-3-5-12-17-15-9-10-16-20(17)19(11-4-2)18-13-7-6-8-14-18;/h6-10,13-16,19H,2-5,11-12H2,1H3;. The Kier molecular flexibility index (Phi) is 7.14. The average molecular weight is 272 g/mol. The van der Waals surface area contributed by atoms with E-state index in [1.54, 1.807) is 11.1 Å². The van der Waals surface area contributed by atoms with Gasteiger partial charge < -0.3 is 0 Å². The van der Waals surface area contributed by atoms with Crippen LogP contribution in [0, 0.1) is 0 Å². The molecule has 2 rings (SSSR count). The molecule has 0 bridgehead atoms. The summed E-state index contributed by atoms with van der Waals surface area (Å²) in [5, 5.41) is 1.26. The third-order valence-electron chi connectivity index (χ3n) is 4.28. The van der Waals surface area contributed by atoms with E-state index in [4.69, 9.17) is 0 Å². The number of benzene rings is 2. The van der Waals surface area contributed by atoms with Gasteiger partial charge in [0, 0.05) is 0 Å². The molecule has 0 fully saturated rings. The monoisotopic (exact) mass is 272 g/mol. The van der Waals surface area contributed by atoms with Gasteiger partial charge in [0.2, 0.25) is 0 Å². The zero-order valence-electron chi connectivity index (χ0n) is 13.5. The molecular weight excluding hydrogens is 247 g/mol. The second-order valence-corrected chi connectivity index (χ2v) is 5.91. The molecule has 0 saturated carbocycles. The molecule has 0 nitrogen and oxygen atoms in total. The van der Waals surface area contributed by atoms with E-state index in [0.717, 1.165) is 0 Å². The van der Waals surface area contributed by atoms with Gasteiger partial charge in [0.05, 0.1) is 0 Å². The predicted molar refractivity (Wildman–Crippen MR) is 93.1 cm³/mol. The van der Waals surface area contributed by atoms with Crippen molar-refractivity contribution < 1.29 is 0 Å². The predicted octanol–water partition coefficient (Wildman–Crippen LogP) is 5.53. The minimum atomic E-state index is 0.555. The number of unbranched alkanes of at least 4 members (excludes halogenated alkanes) is 1. The summed E-state index contributed by atoms with van der Waals surface area (Å²) in [6, 6.07) is 20.1. The fourth-order valence-electron chi connectivity index (χ4n) is 3.06. The number of rotatable bonds is 8. The number of hydrogen-bond acceptors (Lipinski definition) is 0. The molecule has 1 heteroatoms. The molecule has 0 aliphatic rings. The molecule has 106 valence electrons. The molecule has 0 radical (unpaired) electrons. The van der Waals surface area contributed by atoms with Crippen LogP contribution in [0.3, 0.4) is 0 Å². The molecule has 0 aliphatic heterocycles. The first-order chi connectivity index (χ1) is 10.4. The van der Waals surface area contributed by atoms with Crippen molar-refractivity contribution in [3.8, 4) is 0 Å². The van der Waals surface area contributed by atoms with Crippen molar-refractivity contribution >= 4 is 17.7 Å². The molecule has 21 heavy (non-hydrogen) atoms. The summed E-state index contributed by atoms with van der Waals surface area (Å²) >= 11 is 2.28. The zero-order chi connectivity index (χ0) is 14.9. The first-order valence-electron chi connectivity index (χ1n) is 8.49. The van der Waals surface area contributed by atoms with E-state index in [1.165, 1.54) is 42.8 Å². The quantitative estimate of drug-likeness (QED) is 0.554. The van der Waals surface area contributed by atoms with Gasteiger partial charge in [-0.1, -0.05) is 0 Å². The van der Waals surface area contributed by atoms with Crippen molar-refractivity contribution in [2.45, 2.75) is 50.0 Å². The van der Waals surface area contributed by atoms with E-state index >= 15 is 0 Å². The third kappa shape index (κ3) is 4.77. The van der Waals surface area contributed by atoms with E-state index in [0.29, 0.717) is 5.92 Å². The molecule has 1 unspecified atom stereocenters. The van der Waals surface area contributed by atoms with E-state index in [2.05, 4.69) is 79.2 Å². The van der Waals surface area contributed by atoms with Crippen molar-refractivity contribution in [1.29, 1.82) is 0 Å². The van der Waals surface area contributed by atoms with Gasteiger partial charge in [0.25, 0.3) is 0 Å². The molecule has 0 aromatic heterocycles. The van der Waals surface area contributed by atoms with Gasteiger partial charge in [-0.05, 0) is 0 Å². The number of aryl methyl sites for hydroxylation is 1. The molecule has 1 atom stereocenters. The van der Waals surface area contributed by atoms with Gasteiger partial charge >= 0.3 is 139 Å². The van der Waals surface area contributed by atoms with Crippen LogP contribution in [0.15, 0.2) is 54.6 Å². The number of hydrogen-bond donors (Lipinski definition) is 0.